The number of carbonyl (C=O) groups is 2. The molecular weight excluding hydrogens is 705 g/mol. The van der Waals surface area contributed by atoms with Gasteiger partial charge in [0.1, 0.15) is 11.1 Å². The van der Waals surface area contributed by atoms with Crippen molar-refractivity contribution in [1.82, 2.24) is 25.2 Å². The van der Waals surface area contributed by atoms with Crippen molar-refractivity contribution in [3.63, 3.8) is 0 Å². The Bertz CT molecular complexity index is 1710. The van der Waals surface area contributed by atoms with Crippen LogP contribution in [0.4, 0.5) is 59.9 Å². The van der Waals surface area contributed by atoms with Crippen LogP contribution in [0.25, 0.3) is 11.2 Å². The molecule has 50 heavy (non-hydrogen) atoms. The number of ether oxygens (including phenoxy) is 1. The number of aromatic nitrogens is 3. The summed E-state index contributed by atoms with van der Waals surface area (Å²) in [6.07, 6.45) is -18.3. The lowest BCUT2D eigenvalue weighted by Crippen LogP contribution is -2.54. The van der Waals surface area contributed by atoms with E-state index in [9.17, 15) is 63.0 Å². The Balaban J connectivity index is 1.64. The van der Waals surface area contributed by atoms with Crippen LogP contribution in [-0.4, -0.2) is 68.5 Å². The molecule has 1 saturated carbocycles. The molecule has 2 amide bonds. The number of aryl methyl sites for hydroxylation is 1. The molecule has 1 aliphatic carbocycles. The van der Waals surface area contributed by atoms with E-state index in [-0.39, 0.29) is 55.3 Å². The van der Waals surface area contributed by atoms with Crippen molar-refractivity contribution in [2.75, 3.05) is 11.9 Å². The second-order valence-corrected chi connectivity index (χ2v) is 11.7. The van der Waals surface area contributed by atoms with Gasteiger partial charge in [0.2, 0.25) is 17.4 Å². The van der Waals surface area contributed by atoms with E-state index in [0.29, 0.717) is 6.07 Å². The number of halogens is 11. The maximum Gasteiger partial charge on any atom is 0.426 e. The van der Waals surface area contributed by atoms with Gasteiger partial charge in [-0.15, -0.1) is 0 Å². The van der Waals surface area contributed by atoms with E-state index in [1.807, 2.05) is 0 Å². The Morgan fingerprint density at radius 2 is 1.64 bits per heavy atom. The SMILES string of the molecule is Cn1c(Nc2cc(CNC(=O)C(C)(O)C(F)(F)F)ccc2C(F)(F)F)nc2cc(C(=O)N[C@H]3CC[C@H](C(F)(F)F)CC3)c(OCC(F)F)nc21. The lowest BCUT2D eigenvalue weighted by atomic mass is 9.85. The molecule has 21 heteroatoms. The summed E-state index contributed by atoms with van der Waals surface area (Å²) in [5, 5.41) is 16.3. The number of hydrogen-bond acceptors (Lipinski definition) is 7. The molecule has 0 radical (unpaired) electrons. The molecule has 0 bridgehead atoms. The summed E-state index contributed by atoms with van der Waals surface area (Å²) in [6, 6.07) is 2.65. The molecule has 276 valence electrons. The van der Waals surface area contributed by atoms with E-state index in [2.05, 4.69) is 20.6 Å². The normalized spacial score (nSPS) is 18.5. The van der Waals surface area contributed by atoms with Crippen molar-refractivity contribution in [2.24, 2.45) is 13.0 Å². The molecule has 4 rings (SSSR count). The van der Waals surface area contributed by atoms with Crippen molar-refractivity contribution >= 4 is 34.6 Å². The zero-order valence-electron chi connectivity index (χ0n) is 26.0. The molecule has 0 aliphatic heterocycles. The van der Waals surface area contributed by atoms with E-state index in [4.69, 9.17) is 4.74 Å². The van der Waals surface area contributed by atoms with E-state index in [1.54, 1.807) is 5.32 Å². The molecule has 1 fully saturated rings. The Morgan fingerprint density at radius 3 is 2.20 bits per heavy atom. The summed E-state index contributed by atoms with van der Waals surface area (Å²) < 4.78 is 152. The first-order valence-electron chi connectivity index (χ1n) is 14.7. The number of carbonyl (C=O) groups excluding carboxylic acids is 2. The first-order chi connectivity index (χ1) is 23.0. The molecule has 1 atom stereocenters. The Kier molecular flexibility index (Phi) is 10.8. The van der Waals surface area contributed by atoms with Gasteiger partial charge in [-0.25, -0.2) is 13.8 Å². The average Bonchev–Trinajstić information content (AvgIpc) is 3.30. The van der Waals surface area contributed by atoms with Crippen molar-refractivity contribution < 1.29 is 67.7 Å². The number of alkyl halides is 11. The molecule has 2 heterocycles. The number of aliphatic hydroxyl groups is 1. The van der Waals surface area contributed by atoms with E-state index < -0.39 is 90.2 Å². The summed E-state index contributed by atoms with van der Waals surface area (Å²) >= 11 is 0. The average molecular weight is 735 g/mol. The number of rotatable bonds is 10. The third-order valence-corrected chi connectivity index (χ3v) is 8.01. The largest absolute Gasteiger partial charge is 0.471 e. The number of hydrogen-bond donors (Lipinski definition) is 4. The van der Waals surface area contributed by atoms with Crippen LogP contribution in [0.2, 0.25) is 0 Å². The van der Waals surface area contributed by atoms with Crippen LogP contribution in [-0.2, 0) is 24.6 Å². The predicted octanol–water partition coefficient (Wildman–Crippen LogP) is 6.16. The maximum atomic E-state index is 13.9. The third kappa shape index (κ3) is 8.64. The molecule has 10 nitrogen and oxygen atoms in total. The Labute approximate surface area is 275 Å². The maximum absolute atomic E-state index is 13.9. The summed E-state index contributed by atoms with van der Waals surface area (Å²) in [6.45, 7) is -1.75. The molecular formula is C29H29F11N6O4. The van der Waals surface area contributed by atoms with Gasteiger partial charge in [0.15, 0.2) is 12.3 Å². The molecule has 1 aromatic carbocycles. The molecule has 1 aliphatic rings. The highest BCUT2D eigenvalue weighted by atomic mass is 19.4. The first kappa shape index (κ1) is 38.4. The van der Waals surface area contributed by atoms with Crippen molar-refractivity contribution in [2.45, 2.75) is 75.7 Å². The van der Waals surface area contributed by atoms with Crippen LogP contribution in [0, 0.1) is 5.92 Å². The van der Waals surface area contributed by atoms with Crippen LogP contribution in [0.1, 0.15) is 54.1 Å². The third-order valence-electron chi connectivity index (χ3n) is 8.01. The van der Waals surface area contributed by atoms with Crippen molar-refractivity contribution in [3.8, 4) is 5.88 Å². The number of nitrogens with zero attached hydrogens (tertiary/aromatic N) is 3. The second kappa shape index (κ2) is 14.1. The van der Waals surface area contributed by atoms with Crippen LogP contribution in [0.5, 0.6) is 5.88 Å². The van der Waals surface area contributed by atoms with Crippen LogP contribution in [0.3, 0.4) is 0 Å². The number of benzene rings is 1. The van der Waals surface area contributed by atoms with Crippen LogP contribution < -0.4 is 20.7 Å². The van der Waals surface area contributed by atoms with Gasteiger partial charge in [0.05, 0.1) is 17.2 Å². The van der Waals surface area contributed by atoms with E-state index in [1.165, 1.54) is 7.05 Å². The monoisotopic (exact) mass is 734 g/mol. The summed E-state index contributed by atoms with van der Waals surface area (Å²) in [7, 11) is 1.26. The Hall–Kier alpha value is -4.43. The van der Waals surface area contributed by atoms with Gasteiger partial charge in [-0.2, -0.15) is 44.5 Å². The van der Waals surface area contributed by atoms with Gasteiger partial charge < -0.3 is 25.8 Å². The highest BCUT2D eigenvalue weighted by Gasteiger charge is 2.55. The Morgan fingerprint density at radius 1 is 1.00 bits per heavy atom. The van der Waals surface area contributed by atoms with E-state index in [0.717, 1.165) is 22.8 Å². The van der Waals surface area contributed by atoms with Crippen molar-refractivity contribution in [1.29, 1.82) is 0 Å². The molecule has 0 spiro atoms. The number of anilines is 2. The minimum absolute atomic E-state index is 0.0254. The minimum Gasteiger partial charge on any atom is -0.471 e. The predicted molar refractivity (Wildman–Crippen MR) is 153 cm³/mol. The van der Waals surface area contributed by atoms with Gasteiger partial charge in [0, 0.05) is 19.6 Å². The number of pyridine rings is 1. The van der Waals surface area contributed by atoms with Gasteiger partial charge in [-0.3, -0.25) is 14.2 Å². The van der Waals surface area contributed by atoms with Gasteiger partial charge in [-0.05, 0) is 56.4 Å². The van der Waals surface area contributed by atoms with Gasteiger partial charge >= 0.3 is 18.5 Å². The highest BCUT2D eigenvalue weighted by Crippen LogP contribution is 2.39. The molecule has 0 saturated heterocycles. The lowest BCUT2D eigenvalue weighted by molar-refractivity contribution is -0.245. The molecule has 4 N–H and O–H groups in total. The molecule has 3 aromatic rings. The molecule has 2 aromatic heterocycles. The minimum atomic E-state index is -5.35. The quantitative estimate of drug-likeness (QED) is 0.184. The van der Waals surface area contributed by atoms with Gasteiger partial charge in [-0.1, -0.05) is 6.07 Å². The second-order valence-electron chi connectivity index (χ2n) is 11.7. The fourth-order valence-electron chi connectivity index (χ4n) is 5.11. The van der Waals surface area contributed by atoms with Crippen molar-refractivity contribution in [3.05, 3.63) is 41.0 Å². The van der Waals surface area contributed by atoms with Crippen LogP contribution >= 0.6 is 0 Å². The topological polar surface area (TPSA) is 130 Å². The zero-order chi connectivity index (χ0) is 37.4. The first-order valence-corrected chi connectivity index (χ1v) is 14.7. The molecule has 1 unspecified atom stereocenters. The summed E-state index contributed by atoms with van der Waals surface area (Å²) in [4.78, 5) is 33.3. The lowest BCUT2D eigenvalue weighted by Gasteiger charge is -2.30. The fraction of sp³-hybridized carbons (Fsp3) is 0.517. The number of nitrogens with one attached hydrogen (secondary N) is 3. The fourth-order valence-corrected chi connectivity index (χ4v) is 5.11. The van der Waals surface area contributed by atoms with E-state index >= 15 is 0 Å². The number of fused-ring (bicyclic) bond motifs is 1. The van der Waals surface area contributed by atoms with Gasteiger partial charge in [0.25, 0.3) is 18.2 Å². The number of imidazole rings is 1. The summed E-state index contributed by atoms with van der Waals surface area (Å²) in [5.41, 5.74) is -6.61. The number of amides is 2. The van der Waals surface area contributed by atoms with Crippen LogP contribution in [0.15, 0.2) is 24.3 Å². The highest BCUT2D eigenvalue weighted by molar-refractivity contribution is 5.99. The zero-order valence-corrected chi connectivity index (χ0v) is 26.0. The smallest absolute Gasteiger partial charge is 0.426 e. The standard InChI is InChI=1S/C29H29F11N6O4/c1-26(49,29(38,39)40)24(48)41-11-13-3-8-17(28(35,36)37)18(9-13)43-25-44-19-10-16(23(50-12-20(30)31)45-21(19)46(25)2)22(47)42-15-6-4-14(5-7-15)27(32,33)34/h3,8-10,14-15,20,49H,4-7,11-12H2,1-2H3,(H,41,48)(H,42,47)(H,43,44)/t14-,15-,26?. The summed E-state index contributed by atoms with van der Waals surface area (Å²) in [5.74, 6) is -5.29.